The van der Waals surface area contributed by atoms with Gasteiger partial charge in [0.15, 0.2) is 0 Å². The maximum atomic E-state index is 14.6. The summed E-state index contributed by atoms with van der Waals surface area (Å²) in [5, 5.41) is 0. The van der Waals surface area contributed by atoms with Crippen molar-refractivity contribution in [2.24, 2.45) is 11.7 Å². The van der Waals surface area contributed by atoms with Crippen LogP contribution in [0.25, 0.3) is 0 Å². The lowest BCUT2D eigenvalue weighted by Crippen LogP contribution is -2.30. The molecular weight excluding hydrogens is 244 g/mol. The molecule has 1 aliphatic carbocycles. The van der Waals surface area contributed by atoms with Crippen molar-refractivity contribution >= 4 is 0 Å². The maximum absolute atomic E-state index is 14.6. The lowest BCUT2D eigenvalue weighted by molar-refractivity contribution is 0.196. The summed E-state index contributed by atoms with van der Waals surface area (Å²) in [5.74, 6) is -0.634. The molecular formula is C16H19F2N. The summed E-state index contributed by atoms with van der Waals surface area (Å²) in [6, 6.07) is 6.58. The highest BCUT2D eigenvalue weighted by Crippen LogP contribution is 2.35. The molecule has 0 saturated heterocycles. The third-order valence-electron chi connectivity index (χ3n) is 3.74. The molecule has 2 N–H and O–H groups in total. The van der Waals surface area contributed by atoms with Crippen molar-refractivity contribution in [3.8, 4) is 0 Å². The van der Waals surface area contributed by atoms with Gasteiger partial charge in [-0.15, -0.1) is 0 Å². The summed E-state index contributed by atoms with van der Waals surface area (Å²) in [6.45, 7) is 2.30. The Morgan fingerprint density at radius 3 is 2.47 bits per heavy atom. The Labute approximate surface area is 112 Å². The van der Waals surface area contributed by atoms with Crippen LogP contribution in [0.5, 0.6) is 0 Å². The van der Waals surface area contributed by atoms with Gasteiger partial charge in [0.05, 0.1) is 0 Å². The summed E-state index contributed by atoms with van der Waals surface area (Å²) < 4.78 is 28.3. The van der Waals surface area contributed by atoms with Crippen molar-refractivity contribution in [1.29, 1.82) is 0 Å². The molecule has 1 nitrogen and oxygen atoms in total. The second-order valence-electron chi connectivity index (χ2n) is 5.07. The molecule has 0 fully saturated rings. The molecule has 3 heteroatoms. The van der Waals surface area contributed by atoms with Crippen LogP contribution in [0, 0.1) is 11.7 Å². The van der Waals surface area contributed by atoms with E-state index in [1.165, 1.54) is 18.2 Å². The molecule has 0 bridgehead atoms. The van der Waals surface area contributed by atoms with Gasteiger partial charge in [-0.1, -0.05) is 37.3 Å². The number of allylic oxidation sites excluding steroid dienone is 4. The van der Waals surface area contributed by atoms with Crippen molar-refractivity contribution in [2.75, 3.05) is 6.54 Å². The minimum atomic E-state index is -1.47. The van der Waals surface area contributed by atoms with Gasteiger partial charge < -0.3 is 5.73 Å². The fraction of sp³-hybridized carbons (Fsp3) is 0.375. The predicted molar refractivity (Wildman–Crippen MR) is 74.1 cm³/mol. The number of alkyl halides is 1. The molecule has 0 amide bonds. The molecule has 0 aromatic heterocycles. The van der Waals surface area contributed by atoms with Gasteiger partial charge >= 0.3 is 0 Å². The molecule has 1 aromatic carbocycles. The smallest absolute Gasteiger partial charge is 0.149 e. The van der Waals surface area contributed by atoms with Gasteiger partial charge in [-0.2, -0.15) is 0 Å². The van der Waals surface area contributed by atoms with E-state index in [2.05, 4.69) is 0 Å². The number of nitrogens with two attached hydrogens (primary N) is 1. The van der Waals surface area contributed by atoms with Gasteiger partial charge in [0.25, 0.3) is 0 Å². The highest BCUT2D eigenvalue weighted by Gasteiger charge is 2.32. The summed E-state index contributed by atoms with van der Waals surface area (Å²) in [7, 11) is 0. The summed E-state index contributed by atoms with van der Waals surface area (Å²) in [6.07, 6.45) is 7.14. The first-order valence-corrected chi connectivity index (χ1v) is 6.59. The first-order chi connectivity index (χ1) is 9.07. The zero-order chi connectivity index (χ0) is 13.9. The zero-order valence-corrected chi connectivity index (χ0v) is 11.0. The second-order valence-corrected chi connectivity index (χ2v) is 5.07. The third kappa shape index (κ3) is 2.92. The normalized spacial score (nSPS) is 27.5. The van der Waals surface area contributed by atoms with Gasteiger partial charge in [-0.05, 0) is 42.7 Å². The van der Waals surface area contributed by atoms with E-state index in [-0.39, 0.29) is 17.7 Å². The largest absolute Gasteiger partial charge is 0.330 e. The van der Waals surface area contributed by atoms with E-state index in [0.717, 1.165) is 0 Å². The highest BCUT2D eigenvalue weighted by atomic mass is 19.1. The van der Waals surface area contributed by atoms with Crippen molar-refractivity contribution in [3.63, 3.8) is 0 Å². The minimum absolute atomic E-state index is 0.174. The molecule has 1 unspecified atom stereocenters. The Bertz CT molecular complexity index is 479. The van der Waals surface area contributed by atoms with E-state index in [9.17, 15) is 8.78 Å². The quantitative estimate of drug-likeness (QED) is 0.823. The van der Waals surface area contributed by atoms with Gasteiger partial charge in [0.1, 0.15) is 11.5 Å². The lowest BCUT2D eigenvalue weighted by Gasteiger charge is -2.29. The van der Waals surface area contributed by atoms with E-state index in [1.807, 2.05) is 6.92 Å². The minimum Gasteiger partial charge on any atom is -0.330 e. The summed E-state index contributed by atoms with van der Waals surface area (Å²) in [5.41, 5.74) is 4.57. The van der Waals surface area contributed by atoms with Crippen LogP contribution in [-0.2, 0) is 0 Å². The molecule has 0 saturated carbocycles. The fourth-order valence-electron chi connectivity index (χ4n) is 2.37. The highest BCUT2D eigenvalue weighted by molar-refractivity contribution is 5.36. The Balaban J connectivity index is 2.17. The predicted octanol–water partition coefficient (Wildman–Crippen LogP) is 3.73. The standard InChI is InChI=1S/C16H19F2N/c1-12(8-11-19)16(18)9-6-13(7-10-16)14-4-2-3-5-15(14)17/h2-7,9-10,12-13H,8,11,19H2,1H3. The Morgan fingerprint density at radius 1 is 1.26 bits per heavy atom. The Hall–Kier alpha value is -1.48. The number of hydrogen-bond acceptors (Lipinski definition) is 1. The number of hydrogen-bond donors (Lipinski definition) is 1. The van der Waals surface area contributed by atoms with Crippen LogP contribution >= 0.6 is 0 Å². The molecule has 0 aliphatic heterocycles. The summed E-state index contributed by atoms with van der Waals surface area (Å²) in [4.78, 5) is 0. The molecule has 2 rings (SSSR count). The van der Waals surface area contributed by atoms with Crippen molar-refractivity contribution in [3.05, 3.63) is 60.0 Å². The maximum Gasteiger partial charge on any atom is 0.149 e. The third-order valence-corrected chi connectivity index (χ3v) is 3.74. The van der Waals surface area contributed by atoms with Crippen LogP contribution in [0.1, 0.15) is 24.8 Å². The van der Waals surface area contributed by atoms with Crippen molar-refractivity contribution in [2.45, 2.75) is 24.9 Å². The number of rotatable bonds is 4. The molecule has 19 heavy (non-hydrogen) atoms. The average Bonchev–Trinajstić information content (AvgIpc) is 2.41. The van der Waals surface area contributed by atoms with Gasteiger partial charge in [-0.3, -0.25) is 0 Å². The molecule has 1 atom stereocenters. The first-order valence-electron chi connectivity index (χ1n) is 6.59. The Morgan fingerprint density at radius 2 is 1.89 bits per heavy atom. The zero-order valence-electron chi connectivity index (χ0n) is 11.0. The monoisotopic (exact) mass is 263 g/mol. The lowest BCUT2D eigenvalue weighted by atomic mass is 9.81. The summed E-state index contributed by atoms with van der Waals surface area (Å²) >= 11 is 0. The molecule has 0 spiro atoms. The van der Waals surface area contributed by atoms with Crippen molar-refractivity contribution in [1.82, 2.24) is 0 Å². The van der Waals surface area contributed by atoms with Crippen molar-refractivity contribution < 1.29 is 8.78 Å². The average molecular weight is 263 g/mol. The number of halogens is 2. The van der Waals surface area contributed by atoms with Gasteiger partial charge in [-0.25, -0.2) is 8.78 Å². The fourth-order valence-corrected chi connectivity index (χ4v) is 2.37. The topological polar surface area (TPSA) is 26.0 Å². The Kier molecular flexibility index (Phi) is 4.15. The van der Waals surface area contributed by atoms with E-state index >= 15 is 0 Å². The van der Waals surface area contributed by atoms with Crippen LogP contribution in [0.3, 0.4) is 0 Å². The van der Waals surface area contributed by atoms with Crippen LogP contribution in [0.2, 0.25) is 0 Å². The van der Waals surface area contributed by atoms with Crippen LogP contribution < -0.4 is 5.73 Å². The molecule has 1 aliphatic rings. The van der Waals surface area contributed by atoms with E-state index < -0.39 is 5.67 Å². The van der Waals surface area contributed by atoms with E-state index in [4.69, 9.17) is 5.73 Å². The van der Waals surface area contributed by atoms with Crippen LogP contribution in [0.15, 0.2) is 48.6 Å². The van der Waals surface area contributed by atoms with Gasteiger partial charge in [0.2, 0.25) is 0 Å². The molecule has 102 valence electrons. The first kappa shape index (κ1) is 13.9. The molecule has 0 radical (unpaired) electrons. The molecule has 1 aromatic rings. The second kappa shape index (κ2) is 5.66. The van der Waals surface area contributed by atoms with Crippen LogP contribution in [-0.4, -0.2) is 12.2 Å². The SMILES string of the molecule is CC(CCN)C1(F)C=CC(c2ccccc2F)C=C1. The van der Waals surface area contributed by atoms with E-state index in [1.54, 1.807) is 30.4 Å². The van der Waals surface area contributed by atoms with Crippen LogP contribution in [0.4, 0.5) is 8.78 Å². The molecule has 0 heterocycles. The number of benzene rings is 1. The van der Waals surface area contributed by atoms with Gasteiger partial charge in [0, 0.05) is 5.92 Å². The van der Waals surface area contributed by atoms with E-state index in [0.29, 0.717) is 18.5 Å².